The Morgan fingerprint density at radius 1 is 1.29 bits per heavy atom. The Morgan fingerprint density at radius 2 is 2.10 bits per heavy atom. The number of nitrogens with two attached hydrogens (primary N) is 1. The maximum absolute atomic E-state index is 6.26. The van der Waals surface area contributed by atoms with Gasteiger partial charge in [-0.2, -0.15) is 0 Å². The summed E-state index contributed by atoms with van der Waals surface area (Å²) in [5.74, 6) is 2.10. The monoisotopic (exact) mass is 287 g/mol. The number of para-hydroxylation sites is 1. The lowest BCUT2D eigenvalue weighted by atomic mass is 9.96. The first-order chi connectivity index (χ1) is 10.2. The zero-order chi connectivity index (χ0) is 14.8. The highest BCUT2D eigenvalue weighted by Gasteiger charge is 2.25. The van der Waals surface area contributed by atoms with Gasteiger partial charge in [0.05, 0.1) is 12.1 Å². The van der Waals surface area contributed by atoms with E-state index in [0.717, 1.165) is 16.8 Å². The molecule has 0 saturated heterocycles. The van der Waals surface area contributed by atoms with Gasteiger partial charge in [-0.1, -0.05) is 32.3 Å². The maximum atomic E-state index is 6.26. The van der Waals surface area contributed by atoms with E-state index in [2.05, 4.69) is 22.5 Å². The molecule has 0 radical (unpaired) electrons. The molecule has 1 heterocycles. The minimum Gasteiger partial charge on any atom is -0.492 e. The van der Waals surface area contributed by atoms with E-state index in [9.17, 15) is 0 Å². The van der Waals surface area contributed by atoms with Crippen molar-refractivity contribution in [2.75, 3.05) is 12.3 Å². The highest BCUT2D eigenvalue weighted by molar-refractivity contribution is 5.84. The summed E-state index contributed by atoms with van der Waals surface area (Å²) in [7, 11) is 0. The summed E-state index contributed by atoms with van der Waals surface area (Å²) < 4.78 is 7.94. The van der Waals surface area contributed by atoms with Gasteiger partial charge in [0.2, 0.25) is 5.95 Å². The van der Waals surface area contributed by atoms with Crippen LogP contribution in [0, 0.1) is 5.92 Å². The fourth-order valence-corrected chi connectivity index (χ4v) is 3.59. The van der Waals surface area contributed by atoms with E-state index in [1.807, 2.05) is 19.1 Å². The lowest BCUT2D eigenvalue weighted by molar-refractivity contribution is 0.341. The fraction of sp³-hybridized carbons (Fsp3) is 0.588. The third-order valence-electron chi connectivity index (χ3n) is 4.66. The first kappa shape index (κ1) is 14.2. The molecule has 114 valence electrons. The summed E-state index contributed by atoms with van der Waals surface area (Å²) in [6.07, 6.45) is 6.40. The van der Waals surface area contributed by atoms with Crippen LogP contribution in [0.2, 0.25) is 0 Å². The van der Waals surface area contributed by atoms with E-state index >= 15 is 0 Å². The Bertz CT molecular complexity index is 620. The number of ether oxygens (including phenoxy) is 1. The summed E-state index contributed by atoms with van der Waals surface area (Å²) in [6, 6.07) is 6.57. The van der Waals surface area contributed by atoms with Crippen molar-refractivity contribution >= 4 is 17.0 Å². The summed E-state index contributed by atoms with van der Waals surface area (Å²) in [5, 5.41) is 0. The molecule has 1 aliphatic carbocycles. The Hall–Kier alpha value is -1.71. The van der Waals surface area contributed by atoms with Gasteiger partial charge in [-0.3, -0.25) is 0 Å². The predicted molar refractivity (Wildman–Crippen MR) is 86.6 cm³/mol. The third kappa shape index (κ3) is 2.59. The van der Waals surface area contributed by atoms with Crippen molar-refractivity contribution in [2.45, 2.75) is 52.0 Å². The highest BCUT2D eigenvalue weighted by atomic mass is 16.5. The quantitative estimate of drug-likeness (QED) is 0.862. The molecule has 4 nitrogen and oxygen atoms in total. The molecule has 0 amide bonds. The average molecular weight is 287 g/mol. The first-order valence-corrected chi connectivity index (χ1v) is 8.11. The molecule has 1 saturated carbocycles. The van der Waals surface area contributed by atoms with Gasteiger partial charge in [0.15, 0.2) is 0 Å². The van der Waals surface area contributed by atoms with Gasteiger partial charge in [0.1, 0.15) is 11.3 Å². The van der Waals surface area contributed by atoms with Crippen LogP contribution >= 0.6 is 0 Å². The summed E-state index contributed by atoms with van der Waals surface area (Å²) in [6.45, 7) is 4.98. The summed E-state index contributed by atoms with van der Waals surface area (Å²) in [5.41, 5.74) is 8.26. The number of imidazole rings is 1. The van der Waals surface area contributed by atoms with Crippen LogP contribution < -0.4 is 10.5 Å². The van der Waals surface area contributed by atoms with Crippen molar-refractivity contribution in [1.82, 2.24) is 9.55 Å². The standard InChI is InChI=1S/C17H25N3O/c1-3-21-15-11-7-10-14-16(15)19-17(18)20(14)13-9-6-4-5-8-12(13)2/h7,10-13H,3-6,8-9H2,1-2H3,(H2,18,19). The second kappa shape index (κ2) is 5.96. The normalized spacial score (nSPS) is 23.1. The van der Waals surface area contributed by atoms with Crippen molar-refractivity contribution in [3.05, 3.63) is 18.2 Å². The fourth-order valence-electron chi connectivity index (χ4n) is 3.59. The lowest BCUT2D eigenvalue weighted by Gasteiger charge is -2.24. The molecule has 1 aromatic heterocycles. The smallest absolute Gasteiger partial charge is 0.201 e. The van der Waals surface area contributed by atoms with E-state index in [-0.39, 0.29) is 0 Å². The van der Waals surface area contributed by atoms with Gasteiger partial charge in [0.25, 0.3) is 0 Å². The van der Waals surface area contributed by atoms with Crippen molar-refractivity contribution in [3.8, 4) is 5.75 Å². The van der Waals surface area contributed by atoms with Crippen LogP contribution in [0.5, 0.6) is 5.75 Å². The number of nitrogen functional groups attached to an aromatic ring is 1. The van der Waals surface area contributed by atoms with Crippen LogP contribution in [-0.4, -0.2) is 16.2 Å². The van der Waals surface area contributed by atoms with E-state index in [0.29, 0.717) is 24.5 Å². The van der Waals surface area contributed by atoms with E-state index in [4.69, 9.17) is 10.5 Å². The molecular formula is C17H25N3O. The molecule has 0 aliphatic heterocycles. The van der Waals surface area contributed by atoms with Gasteiger partial charge < -0.3 is 15.0 Å². The van der Waals surface area contributed by atoms with Gasteiger partial charge in [-0.15, -0.1) is 0 Å². The Morgan fingerprint density at radius 3 is 2.90 bits per heavy atom. The van der Waals surface area contributed by atoms with Crippen LogP contribution in [0.1, 0.15) is 52.0 Å². The molecule has 2 unspecified atom stereocenters. The molecular weight excluding hydrogens is 262 g/mol. The van der Waals surface area contributed by atoms with Crippen molar-refractivity contribution in [3.63, 3.8) is 0 Å². The molecule has 0 spiro atoms. The van der Waals surface area contributed by atoms with Crippen molar-refractivity contribution in [2.24, 2.45) is 5.92 Å². The Kier molecular flexibility index (Phi) is 4.04. The van der Waals surface area contributed by atoms with Crippen LogP contribution in [0.3, 0.4) is 0 Å². The van der Waals surface area contributed by atoms with Gasteiger partial charge in [0, 0.05) is 6.04 Å². The topological polar surface area (TPSA) is 53.1 Å². The molecule has 4 heteroatoms. The van der Waals surface area contributed by atoms with Crippen LogP contribution in [0.15, 0.2) is 18.2 Å². The molecule has 3 rings (SSSR count). The number of hydrogen-bond acceptors (Lipinski definition) is 3. The number of fused-ring (bicyclic) bond motifs is 1. The van der Waals surface area contributed by atoms with Gasteiger partial charge in [-0.05, 0) is 37.8 Å². The Balaban J connectivity index is 2.09. The lowest BCUT2D eigenvalue weighted by Crippen LogP contribution is -2.18. The predicted octanol–water partition coefficient (Wildman–Crippen LogP) is 4.16. The molecule has 0 bridgehead atoms. The summed E-state index contributed by atoms with van der Waals surface area (Å²) in [4.78, 5) is 4.59. The van der Waals surface area contributed by atoms with Gasteiger partial charge >= 0.3 is 0 Å². The van der Waals surface area contributed by atoms with E-state index in [1.54, 1.807) is 0 Å². The molecule has 1 aromatic carbocycles. The molecule has 2 N–H and O–H groups in total. The Labute approximate surface area is 126 Å². The highest BCUT2D eigenvalue weighted by Crippen LogP contribution is 2.38. The number of rotatable bonds is 3. The van der Waals surface area contributed by atoms with Crippen LogP contribution in [-0.2, 0) is 0 Å². The minimum atomic E-state index is 0.453. The largest absolute Gasteiger partial charge is 0.492 e. The SMILES string of the molecule is CCOc1cccc2c1nc(N)n2C1CCCCCC1C. The zero-order valence-corrected chi connectivity index (χ0v) is 13.0. The van der Waals surface area contributed by atoms with E-state index in [1.165, 1.54) is 32.1 Å². The molecule has 21 heavy (non-hydrogen) atoms. The minimum absolute atomic E-state index is 0.453. The second-order valence-electron chi connectivity index (χ2n) is 6.08. The number of nitrogens with zero attached hydrogens (tertiary/aromatic N) is 2. The molecule has 2 aromatic rings. The average Bonchev–Trinajstić information content (AvgIpc) is 2.65. The summed E-state index contributed by atoms with van der Waals surface area (Å²) >= 11 is 0. The zero-order valence-electron chi connectivity index (χ0n) is 13.0. The number of benzene rings is 1. The number of hydrogen-bond donors (Lipinski definition) is 1. The second-order valence-corrected chi connectivity index (χ2v) is 6.08. The van der Waals surface area contributed by atoms with Crippen LogP contribution in [0.4, 0.5) is 5.95 Å². The number of anilines is 1. The van der Waals surface area contributed by atoms with Crippen LogP contribution in [0.25, 0.3) is 11.0 Å². The van der Waals surface area contributed by atoms with E-state index < -0.39 is 0 Å². The molecule has 2 atom stereocenters. The van der Waals surface area contributed by atoms with Crippen molar-refractivity contribution < 1.29 is 4.74 Å². The maximum Gasteiger partial charge on any atom is 0.201 e. The molecule has 1 aliphatic rings. The first-order valence-electron chi connectivity index (χ1n) is 8.11. The number of aromatic nitrogens is 2. The molecule has 1 fully saturated rings. The van der Waals surface area contributed by atoms with Gasteiger partial charge in [-0.25, -0.2) is 4.98 Å². The third-order valence-corrected chi connectivity index (χ3v) is 4.66. The van der Waals surface area contributed by atoms with Crippen molar-refractivity contribution in [1.29, 1.82) is 0 Å².